The van der Waals surface area contributed by atoms with Crippen molar-refractivity contribution < 1.29 is 23.1 Å². The van der Waals surface area contributed by atoms with Gasteiger partial charge in [0.2, 0.25) is 5.78 Å². The first kappa shape index (κ1) is 19.1. The summed E-state index contributed by atoms with van der Waals surface area (Å²) in [6.07, 6.45) is 5.86. The Morgan fingerprint density at radius 3 is 2.40 bits per heavy atom. The van der Waals surface area contributed by atoms with E-state index in [9.17, 15) is 18.4 Å². The van der Waals surface area contributed by atoms with Crippen LogP contribution in [0.2, 0.25) is 0 Å². The number of hydrogen-bond donors (Lipinski definition) is 2. The highest BCUT2D eigenvalue weighted by molar-refractivity contribution is 6.17. The van der Waals surface area contributed by atoms with E-state index in [0.29, 0.717) is 22.2 Å². The van der Waals surface area contributed by atoms with Crippen LogP contribution < -0.4 is 10.5 Å². The number of H-pyrrole nitrogens is 1. The molecule has 0 radical (unpaired) electrons. The molecule has 4 rings (SSSR count). The molecule has 1 amide bonds. The molecule has 0 aliphatic rings. The topological polar surface area (TPSA) is 124 Å². The van der Waals surface area contributed by atoms with Crippen molar-refractivity contribution in [2.24, 2.45) is 5.73 Å². The highest BCUT2D eigenvalue weighted by Gasteiger charge is 2.25. The zero-order valence-electron chi connectivity index (χ0n) is 15.4. The summed E-state index contributed by atoms with van der Waals surface area (Å²) >= 11 is 0. The van der Waals surface area contributed by atoms with Crippen molar-refractivity contribution in [1.82, 2.24) is 19.9 Å². The van der Waals surface area contributed by atoms with Crippen LogP contribution in [-0.4, -0.2) is 38.7 Å². The molecule has 0 aliphatic carbocycles. The Morgan fingerprint density at radius 1 is 1.03 bits per heavy atom. The van der Waals surface area contributed by atoms with Gasteiger partial charge in [-0.2, -0.15) is 0 Å². The number of fused-ring (bicyclic) bond motifs is 1. The second-order valence-electron chi connectivity index (χ2n) is 6.26. The predicted molar refractivity (Wildman–Crippen MR) is 102 cm³/mol. The van der Waals surface area contributed by atoms with Gasteiger partial charge in [0.05, 0.1) is 18.2 Å². The fourth-order valence-electron chi connectivity index (χ4n) is 3.01. The average molecular weight is 409 g/mol. The molecule has 0 unspecified atom stereocenters. The Labute approximate surface area is 167 Å². The zero-order chi connectivity index (χ0) is 21.4. The lowest BCUT2D eigenvalue weighted by Gasteiger charge is -2.07. The fourth-order valence-corrected chi connectivity index (χ4v) is 3.01. The van der Waals surface area contributed by atoms with Crippen LogP contribution in [0.25, 0.3) is 22.2 Å². The Morgan fingerprint density at radius 2 is 1.73 bits per heavy atom. The quantitative estimate of drug-likeness (QED) is 0.489. The van der Waals surface area contributed by atoms with Crippen LogP contribution in [0.4, 0.5) is 8.78 Å². The molecule has 0 atom stereocenters. The largest absolute Gasteiger partial charge is 0.467 e. The first-order valence-corrected chi connectivity index (χ1v) is 8.56. The van der Waals surface area contributed by atoms with Crippen molar-refractivity contribution in [3.8, 4) is 17.1 Å². The number of benzene rings is 1. The molecule has 30 heavy (non-hydrogen) atoms. The van der Waals surface area contributed by atoms with E-state index in [2.05, 4.69) is 19.9 Å². The molecule has 150 valence electrons. The smallest absolute Gasteiger partial charge is 0.316 e. The Kier molecular flexibility index (Phi) is 4.66. The normalized spacial score (nSPS) is 10.9. The van der Waals surface area contributed by atoms with E-state index in [1.807, 2.05) is 0 Å². The first-order chi connectivity index (χ1) is 14.4. The van der Waals surface area contributed by atoms with E-state index in [-0.39, 0.29) is 11.6 Å². The van der Waals surface area contributed by atoms with Crippen molar-refractivity contribution in [3.05, 3.63) is 71.3 Å². The van der Waals surface area contributed by atoms with Gasteiger partial charge in [0.1, 0.15) is 17.3 Å². The van der Waals surface area contributed by atoms with E-state index >= 15 is 0 Å². The van der Waals surface area contributed by atoms with Crippen molar-refractivity contribution in [1.29, 1.82) is 0 Å². The van der Waals surface area contributed by atoms with Crippen LogP contribution in [0.3, 0.4) is 0 Å². The van der Waals surface area contributed by atoms with Crippen LogP contribution in [0, 0.1) is 11.6 Å². The second-order valence-corrected chi connectivity index (χ2v) is 6.26. The number of rotatable bonds is 5. The van der Waals surface area contributed by atoms with Crippen molar-refractivity contribution in [2.45, 2.75) is 0 Å². The van der Waals surface area contributed by atoms with Crippen LogP contribution in [-0.2, 0) is 0 Å². The van der Waals surface area contributed by atoms with Gasteiger partial charge < -0.3 is 15.5 Å². The van der Waals surface area contributed by atoms with Gasteiger partial charge >= 0.3 is 6.01 Å². The lowest BCUT2D eigenvalue weighted by atomic mass is 9.98. The van der Waals surface area contributed by atoms with Gasteiger partial charge in [0, 0.05) is 46.9 Å². The number of ketones is 1. The maximum atomic E-state index is 14.6. The lowest BCUT2D eigenvalue weighted by Crippen LogP contribution is -2.17. The Bertz CT molecular complexity index is 1300. The van der Waals surface area contributed by atoms with Gasteiger partial charge in [-0.1, -0.05) is 0 Å². The third kappa shape index (κ3) is 3.13. The molecule has 0 saturated heterocycles. The third-order valence-electron chi connectivity index (χ3n) is 4.50. The molecular weight excluding hydrogens is 396 g/mol. The molecule has 1 aromatic carbocycles. The summed E-state index contributed by atoms with van der Waals surface area (Å²) in [4.78, 5) is 39.4. The standard InChI is InChI=1S/C20H13F2N5O3/c1-30-20-26-6-10(7-27-20)9-4-12-13(8-25-19(12)24-5-9)17(28)15-14(21)3-2-11(16(15)22)18(23)29/h2-8H,1H3,(H2,23,29)(H,24,25). The predicted octanol–water partition coefficient (Wildman–Crippen LogP) is 2.64. The van der Waals surface area contributed by atoms with Gasteiger partial charge in [-0.3, -0.25) is 9.59 Å². The number of carbonyl (C=O) groups excluding carboxylic acids is 2. The van der Waals surface area contributed by atoms with Gasteiger partial charge in [-0.25, -0.2) is 23.7 Å². The van der Waals surface area contributed by atoms with E-state index in [1.165, 1.54) is 31.9 Å². The summed E-state index contributed by atoms with van der Waals surface area (Å²) < 4.78 is 33.8. The minimum Gasteiger partial charge on any atom is -0.467 e. The molecule has 0 aliphatic heterocycles. The molecule has 3 aromatic heterocycles. The summed E-state index contributed by atoms with van der Waals surface area (Å²) in [5, 5.41) is 0.330. The molecule has 10 heteroatoms. The van der Waals surface area contributed by atoms with Crippen LogP contribution >= 0.6 is 0 Å². The zero-order valence-corrected chi connectivity index (χ0v) is 15.4. The number of hydrogen-bond acceptors (Lipinski definition) is 6. The molecule has 3 heterocycles. The molecule has 0 bridgehead atoms. The van der Waals surface area contributed by atoms with Crippen LogP contribution in [0.5, 0.6) is 6.01 Å². The third-order valence-corrected chi connectivity index (χ3v) is 4.50. The molecule has 8 nitrogen and oxygen atoms in total. The number of ether oxygens (including phenoxy) is 1. The molecular formula is C20H13F2N5O3. The highest BCUT2D eigenvalue weighted by Crippen LogP contribution is 2.28. The molecule has 0 spiro atoms. The van der Waals surface area contributed by atoms with Crippen molar-refractivity contribution >= 4 is 22.7 Å². The van der Waals surface area contributed by atoms with E-state index in [0.717, 1.165) is 12.1 Å². The molecule has 3 N–H and O–H groups in total. The van der Waals surface area contributed by atoms with Crippen LogP contribution in [0.1, 0.15) is 26.3 Å². The average Bonchev–Trinajstić information content (AvgIpc) is 3.16. The van der Waals surface area contributed by atoms with E-state index < -0.39 is 34.5 Å². The summed E-state index contributed by atoms with van der Waals surface area (Å²) in [5.74, 6) is -4.48. The summed E-state index contributed by atoms with van der Waals surface area (Å²) in [5.41, 5.74) is 5.14. The first-order valence-electron chi connectivity index (χ1n) is 8.56. The van der Waals surface area contributed by atoms with Gasteiger partial charge in [-0.05, 0) is 18.2 Å². The van der Waals surface area contributed by atoms with Gasteiger partial charge in [0.15, 0.2) is 0 Å². The van der Waals surface area contributed by atoms with Crippen molar-refractivity contribution in [2.75, 3.05) is 7.11 Å². The maximum absolute atomic E-state index is 14.6. The number of halogens is 2. The number of nitrogens with two attached hydrogens (primary N) is 1. The lowest BCUT2D eigenvalue weighted by molar-refractivity contribution is 0.0996. The molecule has 0 fully saturated rings. The number of aromatic nitrogens is 4. The second kappa shape index (κ2) is 7.32. The molecule has 4 aromatic rings. The highest BCUT2D eigenvalue weighted by atomic mass is 19.1. The number of pyridine rings is 1. The number of amides is 1. The number of nitrogens with one attached hydrogen (secondary N) is 1. The minimum atomic E-state index is -1.31. The summed E-state index contributed by atoms with van der Waals surface area (Å²) in [7, 11) is 1.44. The molecule has 0 saturated carbocycles. The SMILES string of the molecule is COc1ncc(-c2cnc3[nH]cc(C(=O)c4c(F)ccc(C(N)=O)c4F)c3c2)cn1. The Balaban J connectivity index is 1.83. The number of nitrogens with zero attached hydrogens (tertiary/aromatic N) is 3. The number of primary amides is 1. The number of carbonyl (C=O) groups is 2. The monoisotopic (exact) mass is 409 g/mol. The van der Waals surface area contributed by atoms with Crippen molar-refractivity contribution in [3.63, 3.8) is 0 Å². The van der Waals surface area contributed by atoms with Gasteiger partial charge in [0.25, 0.3) is 5.91 Å². The minimum absolute atomic E-state index is 0.0202. The fraction of sp³-hybridized carbons (Fsp3) is 0.0500. The summed E-state index contributed by atoms with van der Waals surface area (Å²) in [6.45, 7) is 0. The van der Waals surface area contributed by atoms with E-state index in [1.54, 1.807) is 6.07 Å². The summed E-state index contributed by atoms with van der Waals surface area (Å²) in [6, 6.07) is 3.52. The van der Waals surface area contributed by atoms with Gasteiger partial charge in [-0.15, -0.1) is 0 Å². The Hall–Kier alpha value is -4.21. The number of aromatic amines is 1. The maximum Gasteiger partial charge on any atom is 0.316 e. The van der Waals surface area contributed by atoms with E-state index in [4.69, 9.17) is 10.5 Å². The number of methoxy groups -OCH3 is 1. The van der Waals surface area contributed by atoms with Crippen LogP contribution in [0.15, 0.2) is 43.0 Å².